The molecule has 78 heavy (non-hydrogen) atoms. The van der Waals surface area contributed by atoms with Gasteiger partial charge in [-0.1, -0.05) is 25.5 Å². The molecule has 10 aliphatic rings. The monoisotopic (exact) mass is 1110 g/mol. The maximum atomic E-state index is 13.0. The van der Waals surface area contributed by atoms with Gasteiger partial charge in [0.15, 0.2) is 0 Å². The van der Waals surface area contributed by atoms with Crippen molar-refractivity contribution < 1.29 is 70.2 Å². The number of carbonyl (C=O) groups excluding carboxylic acids is 2. The summed E-state index contributed by atoms with van der Waals surface area (Å²) in [7, 11) is 4.42. The first-order valence-corrected chi connectivity index (χ1v) is 30.0. The minimum atomic E-state index is -2.25. The Morgan fingerprint density at radius 2 is 1.00 bits per heavy atom. The fraction of sp³-hybridized carbons (Fsp3) is 0.932. The molecule has 2 spiro atoms. The van der Waals surface area contributed by atoms with E-state index in [1.165, 1.54) is 5.57 Å². The number of epoxide rings is 4. The zero-order chi connectivity index (χ0) is 56.2. The first-order chi connectivity index (χ1) is 37.3. The van der Waals surface area contributed by atoms with Crippen molar-refractivity contribution in [1.29, 1.82) is 0 Å². The van der Waals surface area contributed by atoms with E-state index in [2.05, 4.69) is 47.6 Å². The Labute approximate surface area is 463 Å². The van der Waals surface area contributed by atoms with Crippen LogP contribution < -0.4 is 0 Å². The molecule has 448 valence electrons. The van der Waals surface area contributed by atoms with E-state index >= 15 is 0 Å². The highest BCUT2D eigenvalue weighted by molar-refractivity contribution is 5.69. The van der Waals surface area contributed by atoms with Crippen LogP contribution in [0.5, 0.6) is 0 Å². The van der Waals surface area contributed by atoms with Gasteiger partial charge in [-0.05, 0) is 180 Å². The summed E-state index contributed by atoms with van der Waals surface area (Å²) in [5, 5.41) is 7.00. The average molecular weight is 1120 g/mol. The third-order valence-corrected chi connectivity index (χ3v) is 19.8. The lowest BCUT2D eigenvalue weighted by Gasteiger charge is -2.44. The number of methoxy groups -OCH3 is 2. The molecule has 10 fully saturated rings. The van der Waals surface area contributed by atoms with Crippen molar-refractivity contribution in [3.63, 3.8) is 0 Å². The predicted molar refractivity (Wildman–Crippen MR) is 287 cm³/mol. The van der Waals surface area contributed by atoms with Gasteiger partial charge in [0.05, 0.1) is 50.3 Å². The van der Waals surface area contributed by atoms with Gasteiger partial charge in [-0.2, -0.15) is 0 Å². The van der Waals surface area contributed by atoms with Gasteiger partial charge in [0.25, 0.3) is 12.9 Å². The number of likely N-dealkylation sites (tertiary alicyclic amines) is 4. The van der Waals surface area contributed by atoms with Crippen LogP contribution >= 0.6 is 0 Å². The Morgan fingerprint density at radius 3 is 1.36 bits per heavy atom. The molecular formula is C59H98F4N4O11. The minimum Gasteiger partial charge on any atom is -0.443 e. The first kappa shape index (κ1) is 61.7. The SMILES string of the molecule is CO.CO[C@@H]1[C@H](OC(=O)N2CC(CCC3CCN(CC(F)F)CC3)C2)CC[C@]2(CO2)[C@H]1[C@@]1(C)O[C@@H]1CC=C(C)C.CO[C@@H]1[C@H](OC(=O)N2CC(CCC3CCN(CC(F)F)CC3)C2)CC[C@]2(CO2)[C@H]1[C@@]1(C)O[C@@H]1CCC(C)C. The van der Waals surface area contributed by atoms with Gasteiger partial charge in [-0.25, -0.2) is 27.2 Å². The maximum absolute atomic E-state index is 13.0. The predicted octanol–water partition coefficient (Wildman–Crippen LogP) is 9.47. The van der Waals surface area contributed by atoms with Crippen LogP contribution in [0.2, 0.25) is 0 Å². The number of alkyl halides is 4. The number of nitrogens with zero attached hydrogens (tertiary/aromatic N) is 4. The van der Waals surface area contributed by atoms with Gasteiger partial charge in [0.1, 0.15) is 46.8 Å². The first-order valence-electron chi connectivity index (χ1n) is 30.0. The summed E-state index contributed by atoms with van der Waals surface area (Å²) < 4.78 is 99.1. The quantitative estimate of drug-likeness (QED) is 0.0660. The minimum absolute atomic E-state index is 0.0263. The highest BCUT2D eigenvalue weighted by Gasteiger charge is 2.74. The number of carbonyl (C=O) groups is 2. The summed E-state index contributed by atoms with van der Waals surface area (Å²) in [5.74, 6) is 2.94. The number of aliphatic hydroxyl groups excluding tert-OH is 1. The Balaban J connectivity index is 0.000000200. The third kappa shape index (κ3) is 14.9. The number of rotatable bonds is 21. The van der Waals surface area contributed by atoms with Crippen LogP contribution in [0.3, 0.4) is 0 Å². The topological polar surface area (TPSA) is 154 Å². The molecule has 0 aromatic heterocycles. The number of ether oxygens (including phenoxy) is 8. The molecule has 1 N–H and O–H groups in total. The number of halogens is 4. The zero-order valence-corrected chi connectivity index (χ0v) is 48.7. The molecule has 0 unspecified atom stereocenters. The Morgan fingerprint density at radius 1 is 0.615 bits per heavy atom. The number of hydrogen-bond donors (Lipinski definition) is 1. The molecule has 2 saturated carbocycles. The van der Waals surface area contributed by atoms with Crippen LogP contribution in [-0.2, 0) is 37.9 Å². The lowest BCUT2D eigenvalue weighted by Crippen LogP contribution is -2.57. The number of aliphatic hydroxyl groups is 1. The van der Waals surface area contributed by atoms with E-state index in [1.54, 1.807) is 14.2 Å². The maximum Gasteiger partial charge on any atom is 0.410 e. The second-order valence-electron chi connectivity index (χ2n) is 26.0. The van der Waals surface area contributed by atoms with E-state index in [4.69, 9.17) is 43.0 Å². The van der Waals surface area contributed by atoms with Gasteiger partial charge >= 0.3 is 12.2 Å². The highest BCUT2D eigenvalue weighted by Crippen LogP contribution is 2.61. The number of amides is 2. The van der Waals surface area contributed by atoms with Crippen molar-refractivity contribution in [2.24, 2.45) is 41.4 Å². The molecule has 15 nitrogen and oxygen atoms in total. The fourth-order valence-corrected chi connectivity index (χ4v) is 14.8. The smallest absolute Gasteiger partial charge is 0.410 e. The molecule has 2 aliphatic carbocycles. The van der Waals surface area contributed by atoms with Crippen molar-refractivity contribution in [3.05, 3.63) is 11.6 Å². The third-order valence-electron chi connectivity index (χ3n) is 19.8. The molecule has 8 saturated heterocycles. The second kappa shape index (κ2) is 26.5. The summed E-state index contributed by atoms with van der Waals surface area (Å²) in [4.78, 5) is 33.5. The molecular weight excluding hydrogens is 1020 g/mol. The van der Waals surface area contributed by atoms with E-state index in [0.717, 1.165) is 162 Å². The van der Waals surface area contributed by atoms with Crippen LogP contribution in [-0.4, -0.2) is 209 Å². The summed E-state index contributed by atoms with van der Waals surface area (Å²) in [6, 6.07) is 0. The van der Waals surface area contributed by atoms with Gasteiger partial charge in [-0.15, -0.1) is 0 Å². The largest absolute Gasteiger partial charge is 0.443 e. The zero-order valence-electron chi connectivity index (χ0n) is 48.7. The van der Waals surface area contributed by atoms with Crippen LogP contribution in [0.4, 0.5) is 27.2 Å². The summed E-state index contributed by atoms with van der Waals surface area (Å²) in [6.07, 6.45) is 11.1. The Hall–Kier alpha value is -2.36. The molecule has 2 amide bonds. The lowest BCUT2D eigenvalue weighted by molar-refractivity contribution is -0.124. The summed E-state index contributed by atoms with van der Waals surface area (Å²) in [6.45, 7) is 20.3. The molecule has 12 atom stereocenters. The molecule has 19 heteroatoms. The van der Waals surface area contributed by atoms with Crippen LogP contribution in [0, 0.1) is 41.4 Å². The van der Waals surface area contributed by atoms with Crippen molar-refractivity contribution in [3.8, 4) is 0 Å². The van der Waals surface area contributed by atoms with Gasteiger partial charge in [-0.3, -0.25) is 9.80 Å². The van der Waals surface area contributed by atoms with E-state index < -0.39 is 12.9 Å². The molecule has 0 radical (unpaired) electrons. The fourth-order valence-electron chi connectivity index (χ4n) is 14.8. The molecule has 0 aromatic carbocycles. The van der Waals surface area contributed by atoms with E-state index in [0.29, 0.717) is 36.2 Å². The van der Waals surface area contributed by atoms with Crippen molar-refractivity contribution in [2.75, 3.05) is 100.0 Å². The molecule has 0 bridgehead atoms. The van der Waals surface area contributed by atoms with E-state index in [9.17, 15) is 27.2 Å². The van der Waals surface area contributed by atoms with Crippen molar-refractivity contribution in [2.45, 2.75) is 210 Å². The number of piperidine rings is 2. The average Bonchev–Trinajstić information content (AvgIpc) is 4.45. The van der Waals surface area contributed by atoms with E-state index in [1.807, 2.05) is 19.6 Å². The Kier molecular flexibility index (Phi) is 20.9. The number of hydrogen-bond acceptors (Lipinski definition) is 13. The van der Waals surface area contributed by atoms with Crippen molar-refractivity contribution >= 4 is 12.2 Å². The molecule has 8 heterocycles. The lowest BCUT2D eigenvalue weighted by atomic mass is 9.68. The summed E-state index contributed by atoms with van der Waals surface area (Å²) in [5.41, 5.74) is 0.208. The molecule has 8 aliphatic heterocycles. The van der Waals surface area contributed by atoms with Gasteiger partial charge < -0.3 is 52.8 Å². The van der Waals surface area contributed by atoms with Crippen molar-refractivity contribution in [1.82, 2.24) is 19.6 Å². The standard InChI is InChI=1S/C29H48F2N2O5.C29H46F2N2O5.CH4O/c2*1-19(2)5-8-23-28(3,38-23)26-25(35-4)22(9-12-29(26)18-36-29)37-27(34)33-15-21(16-33)7-6-20-10-13-32(14-11-20)17-24(30)31;1-2/h19-26H,5-18H2,1-4H3;5,20-26H,6-18H2,1-4H3;2H,1H3/t2*22-,23-,25-,26-,28+,29+;/m11./s1. The molecule has 0 aromatic rings. The van der Waals surface area contributed by atoms with Crippen LogP contribution in [0.1, 0.15) is 138 Å². The van der Waals surface area contributed by atoms with Crippen LogP contribution in [0.25, 0.3) is 0 Å². The number of allylic oxidation sites excluding steroid dienone is 1. The van der Waals surface area contributed by atoms with E-state index in [-0.39, 0.29) is 96.1 Å². The second-order valence-corrected chi connectivity index (χ2v) is 26.0. The Bertz CT molecular complexity index is 1950. The normalized spacial score (nSPS) is 37.1. The van der Waals surface area contributed by atoms with Gasteiger partial charge in [0, 0.05) is 47.5 Å². The van der Waals surface area contributed by atoms with Crippen LogP contribution in [0.15, 0.2) is 11.6 Å². The van der Waals surface area contributed by atoms with Gasteiger partial charge in [0.2, 0.25) is 0 Å². The molecule has 10 rings (SSSR count). The highest BCUT2D eigenvalue weighted by atomic mass is 19.3. The summed E-state index contributed by atoms with van der Waals surface area (Å²) >= 11 is 0.